The quantitative estimate of drug-likeness (QED) is 0.0513. The normalized spacial score (nSPS) is 18.2. The molecule has 0 bridgehead atoms. The third-order valence-electron chi connectivity index (χ3n) is 10.4. The third-order valence-corrected chi connectivity index (χ3v) is 11.9. The van der Waals surface area contributed by atoms with E-state index in [0.29, 0.717) is 83.9 Å². The van der Waals surface area contributed by atoms with E-state index in [1.807, 2.05) is 60.3 Å². The number of ether oxygens (including phenoxy) is 5. The number of hydrogen-bond acceptors (Lipinski definition) is 11. The number of alkyl carbamates (subject to hydrolysis) is 1. The van der Waals surface area contributed by atoms with Crippen LogP contribution in [0.25, 0.3) is 11.1 Å². The zero-order chi connectivity index (χ0) is 41.7. The van der Waals surface area contributed by atoms with Gasteiger partial charge < -0.3 is 55.4 Å². The van der Waals surface area contributed by atoms with E-state index in [4.69, 9.17) is 23.7 Å². The van der Waals surface area contributed by atoms with Crippen LogP contribution in [0.15, 0.2) is 48.5 Å². The SMILES string of the molecule is O=C(CCCC[C@@H]1SC[C@@H]2NC(=O)N[C@@H]21)NCCOCCOCCOCCOCCC(=O)NCCCC[C@@H](NC(=O)OCC1c2ccccc2-c2ccccc21)C(=O)O. The fraction of sp³-hybridized carbons (Fsp3) is 0.595. The number of rotatable bonds is 29. The highest BCUT2D eigenvalue weighted by molar-refractivity contribution is 8.00. The number of carboxylic acids is 1. The molecule has 2 aromatic rings. The Labute approximate surface area is 349 Å². The van der Waals surface area contributed by atoms with Gasteiger partial charge in [-0.25, -0.2) is 14.4 Å². The molecule has 2 saturated heterocycles. The second-order valence-electron chi connectivity index (χ2n) is 14.6. The van der Waals surface area contributed by atoms with Gasteiger partial charge in [-0.1, -0.05) is 55.0 Å². The first-order chi connectivity index (χ1) is 28.8. The van der Waals surface area contributed by atoms with Crippen LogP contribution >= 0.6 is 11.8 Å². The Morgan fingerprint density at radius 2 is 1.34 bits per heavy atom. The predicted molar refractivity (Wildman–Crippen MR) is 221 cm³/mol. The summed E-state index contributed by atoms with van der Waals surface area (Å²) in [5, 5.41) is 24.1. The van der Waals surface area contributed by atoms with Gasteiger partial charge in [0.2, 0.25) is 11.8 Å². The number of unbranched alkanes of at least 4 members (excludes halogenated alkanes) is 2. The molecule has 0 unspecified atom stereocenters. The molecule has 0 saturated carbocycles. The van der Waals surface area contributed by atoms with Crippen LogP contribution < -0.4 is 26.6 Å². The minimum Gasteiger partial charge on any atom is -0.480 e. The lowest BCUT2D eigenvalue weighted by molar-refractivity contribution is -0.139. The van der Waals surface area contributed by atoms with Gasteiger partial charge >= 0.3 is 18.1 Å². The summed E-state index contributed by atoms with van der Waals surface area (Å²) in [5.74, 6) is -0.474. The molecule has 4 atom stereocenters. The van der Waals surface area contributed by atoms with Gasteiger partial charge in [0, 0.05) is 42.9 Å². The second-order valence-corrected chi connectivity index (χ2v) is 15.9. The molecule has 2 fully saturated rings. The summed E-state index contributed by atoms with van der Waals surface area (Å²) in [6.07, 6.45) is 3.89. The zero-order valence-corrected chi connectivity index (χ0v) is 34.4. The van der Waals surface area contributed by atoms with Gasteiger partial charge in [-0.2, -0.15) is 11.8 Å². The number of carbonyl (C=O) groups is 5. The Kier molecular flexibility index (Phi) is 19.5. The van der Waals surface area contributed by atoms with Gasteiger partial charge in [-0.05, 0) is 54.4 Å². The molecule has 6 N–H and O–H groups in total. The lowest BCUT2D eigenvalue weighted by atomic mass is 9.98. The molecule has 324 valence electrons. The Balaban J connectivity index is 0.760. The van der Waals surface area contributed by atoms with Crippen molar-refractivity contribution in [2.75, 3.05) is 78.3 Å². The first-order valence-corrected chi connectivity index (χ1v) is 21.7. The van der Waals surface area contributed by atoms with Crippen molar-refractivity contribution in [2.45, 2.75) is 80.7 Å². The van der Waals surface area contributed by atoms with E-state index in [0.717, 1.165) is 47.3 Å². The summed E-state index contributed by atoms with van der Waals surface area (Å²) >= 11 is 1.89. The van der Waals surface area contributed by atoms with Crippen LogP contribution in [0.2, 0.25) is 0 Å². The lowest BCUT2D eigenvalue weighted by Gasteiger charge is -2.17. The van der Waals surface area contributed by atoms with Crippen LogP contribution in [-0.2, 0) is 38.1 Å². The van der Waals surface area contributed by atoms with Crippen LogP contribution in [0.5, 0.6) is 0 Å². The van der Waals surface area contributed by atoms with Crippen molar-refractivity contribution in [3.63, 3.8) is 0 Å². The molecule has 2 heterocycles. The Morgan fingerprint density at radius 3 is 2.02 bits per heavy atom. The number of aliphatic carboxylic acids is 1. The largest absolute Gasteiger partial charge is 0.480 e. The fourth-order valence-electron chi connectivity index (χ4n) is 7.38. The van der Waals surface area contributed by atoms with E-state index >= 15 is 0 Å². The molecule has 0 spiro atoms. The van der Waals surface area contributed by atoms with E-state index in [9.17, 15) is 29.1 Å². The van der Waals surface area contributed by atoms with Gasteiger partial charge in [0.05, 0.1) is 64.9 Å². The average Bonchev–Trinajstić information content (AvgIpc) is 3.89. The maximum atomic E-state index is 12.6. The standard InChI is InChI=1S/C42H59N5O11S/c48-37(15-6-5-14-36-39-35(28-59-36)45-41(52)47-39)44-18-20-55-22-24-57-26-25-56-23-21-54-19-16-38(49)43-17-8-7-13-34(40(50)51)46-42(53)58-27-33-31-11-3-1-9-29(31)30-10-2-4-12-32(30)33/h1-4,9-12,33-36,39H,5-8,13-28H2,(H,43,49)(H,44,48)(H,46,53)(H,50,51)(H2,45,47,52)/t34-,35+,36+,39+/m1/s1. The van der Waals surface area contributed by atoms with Crippen molar-refractivity contribution in [1.29, 1.82) is 0 Å². The van der Waals surface area contributed by atoms with Gasteiger partial charge in [0.1, 0.15) is 12.6 Å². The van der Waals surface area contributed by atoms with E-state index in [1.165, 1.54) is 0 Å². The van der Waals surface area contributed by atoms with Crippen molar-refractivity contribution >= 4 is 41.7 Å². The zero-order valence-electron chi connectivity index (χ0n) is 33.6. The Morgan fingerprint density at radius 1 is 0.729 bits per heavy atom. The molecule has 16 nitrogen and oxygen atoms in total. The van der Waals surface area contributed by atoms with Crippen molar-refractivity contribution in [3.8, 4) is 11.1 Å². The van der Waals surface area contributed by atoms with E-state index in [2.05, 4.69) is 26.6 Å². The number of carbonyl (C=O) groups excluding carboxylic acids is 4. The summed E-state index contributed by atoms with van der Waals surface area (Å²) in [7, 11) is 0. The lowest BCUT2D eigenvalue weighted by Crippen LogP contribution is -2.41. The summed E-state index contributed by atoms with van der Waals surface area (Å²) in [5.41, 5.74) is 4.36. The smallest absolute Gasteiger partial charge is 0.407 e. The first kappa shape index (κ1) is 45.7. The average molecular weight is 842 g/mol. The number of thioether (sulfide) groups is 1. The van der Waals surface area contributed by atoms with E-state index < -0.39 is 18.1 Å². The molecule has 0 aromatic heterocycles. The van der Waals surface area contributed by atoms with Gasteiger partial charge in [-0.3, -0.25) is 9.59 Å². The first-order valence-electron chi connectivity index (χ1n) is 20.7. The molecule has 2 aromatic carbocycles. The maximum absolute atomic E-state index is 12.6. The number of amides is 5. The molecule has 2 aliphatic heterocycles. The number of urea groups is 1. The van der Waals surface area contributed by atoms with Crippen LogP contribution in [0.4, 0.5) is 9.59 Å². The molecule has 3 aliphatic rings. The minimum absolute atomic E-state index is 0.0174. The number of nitrogens with one attached hydrogen (secondary N) is 5. The number of hydrogen-bond donors (Lipinski definition) is 6. The van der Waals surface area contributed by atoms with Crippen molar-refractivity contribution in [2.24, 2.45) is 0 Å². The predicted octanol–water partition coefficient (Wildman–Crippen LogP) is 3.56. The highest BCUT2D eigenvalue weighted by Gasteiger charge is 2.42. The topological polar surface area (TPSA) is 212 Å². The van der Waals surface area contributed by atoms with Crippen molar-refractivity contribution in [3.05, 3.63) is 59.7 Å². The van der Waals surface area contributed by atoms with Crippen molar-refractivity contribution < 1.29 is 52.8 Å². The molecule has 17 heteroatoms. The minimum atomic E-state index is -1.15. The second kappa shape index (κ2) is 25.3. The third kappa shape index (κ3) is 15.3. The van der Waals surface area contributed by atoms with E-state index in [1.54, 1.807) is 0 Å². The molecule has 0 radical (unpaired) electrons. The molecular formula is C42H59N5O11S. The summed E-state index contributed by atoms with van der Waals surface area (Å²) < 4.78 is 27.4. The molecule has 59 heavy (non-hydrogen) atoms. The van der Waals surface area contributed by atoms with Gasteiger partial charge in [0.25, 0.3) is 0 Å². The van der Waals surface area contributed by atoms with Gasteiger partial charge in [-0.15, -0.1) is 0 Å². The number of carboxylic acid groups (broad SMARTS) is 1. The monoisotopic (exact) mass is 841 g/mol. The molecule has 5 rings (SSSR count). The molecular weight excluding hydrogens is 783 g/mol. The summed E-state index contributed by atoms with van der Waals surface area (Å²) in [6, 6.07) is 15.2. The maximum Gasteiger partial charge on any atom is 0.407 e. The molecule has 1 aliphatic carbocycles. The van der Waals surface area contributed by atoms with Crippen LogP contribution in [0.1, 0.15) is 68.4 Å². The fourth-order valence-corrected chi connectivity index (χ4v) is 8.92. The summed E-state index contributed by atoms with van der Waals surface area (Å²) in [4.78, 5) is 60.1. The van der Waals surface area contributed by atoms with Crippen LogP contribution in [0.3, 0.4) is 0 Å². The van der Waals surface area contributed by atoms with Crippen LogP contribution in [0, 0.1) is 0 Å². The Hall–Kier alpha value is -4.42. The van der Waals surface area contributed by atoms with Crippen LogP contribution in [-0.4, -0.2) is 137 Å². The number of benzene rings is 2. The van der Waals surface area contributed by atoms with Crippen molar-refractivity contribution in [1.82, 2.24) is 26.6 Å². The highest BCUT2D eigenvalue weighted by Crippen LogP contribution is 2.44. The van der Waals surface area contributed by atoms with Gasteiger partial charge in [0.15, 0.2) is 0 Å². The Bertz CT molecular complexity index is 1620. The number of fused-ring (bicyclic) bond motifs is 4. The van der Waals surface area contributed by atoms with E-state index in [-0.39, 0.29) is 61.9 Å². The molecule has 5 amide bonds. The highest BCUT2D eigenvalue weighted by atomic mass is 32.2. The summed E-state index contributed by atoms with van der Waals surface area (Å²) in [6.45, 7) is 3.93.